The quantitative estimate of drug-likeness (QED) is 0.827. The molecule has 1 aromatic carbocycles. The number of nitrogens with zero attached hydrogens (tertiary/aromatic N) is 1. The number of amides is 1. The molecule has 1 amide bonds. The van der Waals surface area contributed by atoms with E-state index in [9.17, 15) is 9.90 Å². The number of piperidine rings is 1. The smallest absolute Gasteiger partial charge is 0.266 e. The zero-order chi connectivity index (χ0) is 14.3. The molecule has 20 heavy (non-hydrogen) atoms. The van der Waals surface area contributed by atoms with E-state index in [2.05, 4.69) is 15.9 Å². The molecular formula is C14H15BrN2O2S. The Balaban J connectivity index is 1.93. The maximum Gasteiger partial charge on any atom is 0.266 e. The second-order valence-corrected chi connectivity index (χ2v) is 6.98. The standard InChI is InChI=1S/C14H15BrN2O2S/c15-8-1-2-10-11(7-8)20-13(12(10)16)14(19)17-5-3-9(18)4-6-17/h1-2,7,9,18H,3-6,16H2. The summed E-state index contributed by atoms with van der Waals surface area (Å²) in [5, 5.41) is 10.4. The van der Waals surface area contributed by atoms with Crippen molar-refractivity contribution in [1.29, 1.82) is 0 Å². The number of hydrogen-bond donors (Lipinski definition) is 2. The summed E-state index contributed by atoms with van der Waals surface area (Å²) in [5.74, 6) is -0.0216. The van der Waals surface area contributed by atoms with Gasteiger partial charge >= 0.3 is 0 Å². The molecular weight excluding hydrogens is 340 g/mol. The van der Waals surface area contributed by atoms with E-state index in [1.54, 1.807) is 4.90 Å². The van der Waals surface area contributed by atoms with Gasteiger partial charge in [-0.15, -0.1) is 11.3 Å². The summed E-state index contributed by atoms with van der Waals surface area (Å²) in [6.07, 6.45) is 0.999. The first-order valence-corrected chi connectivity index (χ1v) is 8.12. The predicted octanol–water partition coefficient (Wildman–Crippen LogP) is 2.84. The molecule has 0 atom stereocenters. The van der Waals surface area contributed by atoms with Crippen LogP contribution in [0.4, 0.5) is 5.69 Å². The van der Waals surface area contributed by atoms with Crippen molar-refractivity contribution in [2.45, 2.75) is 18.9 Å². The van der Waals surface area contributed by atoms with Crippen LogP contribution in [0.3, 0.4) is 0 Å². The van der Waals surface area contributed by atoms with E-state index in [1.165, 1.54) is 11.3 Å². The minimum absolute atomic E-state index is 0.0216. The number of nitrogens with two attached hydrogens (primary N) is 1. The van der Waals surface area contributed by atoms with Crippen molar-refractivity contribution < 1.29 is 9.90 Å². The molecule has 4 nitrogen and oxygen atoms in total. The van der Waals surface area contributed by atoms with Gasteiger partial charge in [0.25, 0.3) is 5.91 Å². The molecule has 3 rings (SSSR count). The minimum atomic E-state index is -0.283. The van der Waals surface area contributed by atoms with Gasteiger partial charge in [-0.05, 0) is 25.0 Å². The topological polar surface area (TPSA) is 66.6 Å². The normalized spacial score (nSPS) is 16.8. The number of rotatable bonds is 1. The van der Waals surface area contributed by atoms with E-state index in [0.29, 0.717) is 36.5 Å². The molecule has 1 fully saturated rings. The second-order valence-electron chi connectivity index (χ2n) is 5.01. The monoisotopic (exact) mass is 354 g/mol. The van der Waals surface area contributed by atoms with E-state index < -0.39 is 0 Å². The molecule has 6 heteroatoms. The van der Waals surface area contributed by atoms with Crippen molar-refractivity contribution in [3.8, 4) is 0 Å². The highest BCUT2D eigenvalue weighted by molar-refractivity contribution is 9.10. The van der Waals surface area contributed by atoms with Crippen LogP contribution in [0.2, 0.25) is 0 Å². The number of likely N-dealkylation sites (tertiary alicyclic amines) is 1. The first-order chi connectivity index (χ1) is 9.56. The van der Waals surface area contributed by atoms with Crippen molar-refractivity contribution in [1.82, 2.24) is 4.90 Å². The molecule has 2 heterocycles. The zero-order valence-corrected chi connectivity index (χ0v) is 13.2. The first kappa shape index (κ1) is 13.9. The van der Waals surface area contributed by atoms with Gasteiger partial charge in [0.05, 0.1) is 11.8 Å². The second kappa shape index (κ2) is 5.35. The van der Waals surface area contributed by atoms with Gasteiger partial charge in [0.1, 0.15) is 4.88 Å². The molecule has 1 aliphatic rings. The summed E-state index contributed by atoms with van der Waals surface area (Å²) < 4.78 is 1.99. The number of halogens is 1. The van der Waals surface area contributed by atoms with Crippen LogP contribution in [-0.4, -0.2) is 35.1 Å². The van der Waals surface area contributed by atoms with Crippen molar-refractivity contribution in [2.75, 3.05) is 18.8 Å². The molecule has 0 bridgehead atoms. The fourth-order valence-electron chi connectivity index (χ4n) is 2.46. The van der Waals surface area contributed by atoms with Gasteiger partial charge in [0.2, 0.25) is 0 Å². The van der Waals surface area contributed by atoms with Crippen molar-refractivity contribution in [3.05, 3.63) is 27.5 Å². The van der Waals surface area contributed by atoms with Gasteiger partial charge in [-0.3, -0.25) is 4.79 Å². The van der Waals surface area contributed by atoms with Crippen molar-refractivity contribution in [2.24, 2.45) is 0 Å². The highest BCUT2D eigenvalue weighted by Crippen LogP contribution is 2.36. The molecule has 106 valence electrons. The van der Waals surface area contributed by atoms with E-state index in [0.717, 1.165) is 14.6 Å². The predicted molar refractivity (Wildman–Crippen MR) is 85.1 cm³/mol. The van der Waals surface area contributed by atoms with Gasteiger partial charge in [-0.2, -0.15) is 0 Å². The van der Waals surface area contributed by atoms with Crippen LogP contribution in [0.25, 0.3) is 10.1 Å². The van der Waals surface area contributed by atoms with Crippen LogP contribution >= 0.6 is 27.3 Å². The highest BCUT2D eigenvalue weighted by atomic mass is 79.9. The number of anilines is 1. The maximum atomic E-state index is 12.5. The van der Waals surface area contributed by atoms with Gasteiger partial charge in [-0.1, -0.05) is 22.0 Å². The Labute approximate surface area is 129 Å². The lowest BCUT2D eigenvalue weighted by molar-refractivity contribution is 0.0551. The van der Waals surface area contributed by atoms with Crippen LogP contribution < -0.4 is 5.73 Å². The zero-order valence-electron chi connectivity index (χ0n) is 10.8. The highest BCUT2D eigenvalue weighted by Gasteiger charge is 2.25. The van der Waals surface area contributed by atoms with E-state index in [1.807, 2.05) is 18.2 Å². The Hall–Kier alpha value is -1.11. The molecule has 1 saturated heterocycles. The molecule has 0 radical (unpaired) electrons. The van der Waals surface area contributed by atoms with Gasteiger partial charge in [0, 0.05) is 27.6 Å². The Morgan fingerprint density at radius 2 is 2.10 bits per heavy atom. The van der Waals surface area contributed by atoms with Crippen LogP contribution in [-0.2, 0) is 0 Å². The fraction of sp³-hybridized carbons (Fsp3) is 0.357. The summed E-state index contributed by atoms with van der Waals surface area (Å²) >= 11 is 4.86. The molecule has 0 unspecified atom stereocenters. The maximum absolute atomic E-state index is 12.5. The van der Waals surface area contributed by atoms with Crippen molar-refractivity contribution >= 4 is 48.9 Å². The number of nitrogen functional groups attached to an aromatic ring is 1. The minimum Gasteiger partial charge on any atom is -0.397 e. The lowest BCUT2D eigenvalue weighted by Crippen LogP contribution is -2.39. The molecule has 3 N–H and O–H groups in total. The summed E-state index contributed by atoms with van der Waals surface area (Å²) in [5.41, 5.74) is 6.69. The molecule has 1 aliphatic heterocycles. The largest absolute Gasteiger partial charge is 0.397 e. The van der Waals surface area contributed by atoms with E-state index in [-0.39, 0.29) is 12.0 Å². The lowest BCUT2D eigenvalue weighted by Gasteiger charge is -2.29. The van der Waals surface area contributed by atoms with Crippen LogP contribution in [0.15, 0.2) is 22.7 Å². The van der Waals surface area contributed by atoms with Crippen LogP contribution in [0, 0.1) is 0 Å². The molecule has 0 aliphatic carbocycles. The average molecular weight is 355 g/mol. The number of thiophene rings is 1. The third-order valence-corrected chi connectivity index (χ3v) is 5.29. The number of aliphatic hydroxyl groups is 1. The average Bonchev–Trinajstić information content (AvgIpc) is 2.75. The lowest BCUT2D eigenvalue weighted by atomic mass is 10.1. The number of carbonyl (C=O) groups is 1. The van der Waals surface area contributed by atoms with Gasteiger partial charge in [-0.25, -0.2) is 0 Å². The molecule has 0 saturated carbocycles. The Bertz CT molecular complexity index is 662. The summed E-state index contributed by atoms with van der Waals surface area (Å²) in [6, 6.07) is 5.84. The summed E-state index contributed by atoms with van der Waals surface area (Å²) in [7, 11) is 0. The Morgan fingerprint density at radius 1 is 1.40 bits per heavy atom. The van der Waals surface area contributed by atoms with E-state index >= 15 is 0 Å². The summed E-state index contributed by atoms with van der Waals surface area (Å²) in [4.78, 5) is 14.9. The first-order valence-electron chi connectivity index (χ1n) is 6.51. The van der Waals surface area contributed by atoms with Gasteiger partial charge in [0.15, 0.2) is 0 Å². The fourth-order valence-corrected chi connectivity index (χ4v) is 4.10. The van der Waals surface area contributed by atoms with E-state index in [4.69, 9.17) is 5.73 Å². The third kappa shape index (κ3) is 2.43. The third-order valence-electron chi connectivity index (χ3n) is 3.64. The molecule has 1 aromatic heterocycles. The Morgan fingerprint density at radius 3 is 2.80 bits per heavy atom. The number of carbonyl (C=O) groups excluding carboxylic acids is 1. The van der Waals surface area contributed by atoms with Crippen LogP contribution in [0.5, 0.6) is 0 Å². The number of benzene rings is 1. The number of fused-ring (bicyclic) bond motifs is 1. The molecule has 0 spiro atoms. The molecule has 2 aromatic rings. The summed E-state index contributed by atoms with van der Waals surface area (Å²) in [6.45, 7) is 1.19. The Kier molecular flexibility index (Phi) is 3.70. The number of aliphatic hydroxyl groups excluding tert-OH is 1. The van der Waals surface area contributed by atoms with Crippen molar-refractivity contribution in [3.63, 3.8) is 0 Å². The van der Waals surface area contributed by atoms with Crippen LogP contribution in [0.1, 0.15) is 22.5 Å². The SMILES string of the molecule is Nc1c(C(=O)N2CCC(O)CC2)sc2cc(Br)ccc12. The number of hydrogen-bond acceptors (Lipinski definition) is 4. The van der Waals surface area contributed by atoms with Gasteiger partial charge < -0.3 is 15.7 Å².